The first-order valence-electron chi connectivity index (χ1n) is 11.9. The van der Waals surface area contributed by atoms with Gasteiger partial charge in [-0.15, -0.1) is 9.05 Å². The van der Waals surface area contributed by atoms with Gasteiger partial charge in [0, 0.05) is 19.2 Å². The predicted molar refractivity (Wildman–Crippen MR) is 139 cm³/mol. The van der Waals surface area contributed by atoms with E-state index >= 15 is 0 Å². The molecule has 0 aromatic heterocycles. The highest BCUT2D eigenvalue weighted by atomic mass is 31.1. The molecule has 1 heterocycles. The molecule has 222 valence electrons. The Balaban J connectivity index is 1.78. The number of aliphatic hydroxyl groups excluding tert-OH is 3. The lowest BCUT2D eigenvalue weighted by Crippen LogP contribution is -2.66. The molecule has 0 amide bonds. The molecule has 3 rings (SSSR count). The summed E-state index contributed by atoms with van der Waals surface area (Å²) in [5.41, 5.74) is -0.642. The van der Waals surface area contributed by atoms with E-state index in [1.807, 2.05) is 0 Å². The maximum absolute atomic E-state index is 13.2. The van der Waals surface area contributed by atoms with Crippen LogP contribution in [-0.4, -0.2) is 73.2 Å². The van der Waals surface area contributed by atoms with Crippen LogP contribution in [0.15, 0.2) is 48.5 Å². The minimum atomic E-state index is -3.42. The first kappa shape index (κ1) is 32.6. The van der Waals surface area contributed by atoms with E-state index in [0.717, 1.165) is 7.11 Å². The van der Waals surface area contributed by atoms with E-state index in [2.05, 4.69) is 0 Å². The van der Waals surface area contributed by atoms with Crippen LogP contribution in [0, 0.1) is 20.2 Å². The molecule has 10 atom stereocenters. The number of nitro benzene ring substituents is 2. The van der Waals surface area contributed by atoms with Gasteiger partial charge in [0.1, 0.15) is 18.3 Å². The molecule has 1 aliphatic rings. The highest BCUT2D eigenvalue weighted by Gasteiger charge is 2.72. The van der Waals surface area contributed by atoms with Gasteiger partial charge in [-0.1, -0.05) is 24.3 Å². The quantitative estimate of drug-likeness (QED) is 0.152. The number of aliphatic hydroxyl groups is 4. The summed E-state index contributed by atoms with van der Waals surface area (Å²) in [6.07, 6.45) is -11.0. The Morgan fingerprint density at radius 1 is 0.927 bits per heavy atom. The van der Waals surface area contributed by atoms with Crippen LogP contribution >= 0.6 is 16.1 Å². The van der Waals surface area contributed by atoms with E-state index in [9.17, 15) is 49.8 Å². The predicted octanol–water partition coefficient (Wildman–Crippen LogP) is 2.94. The van der Waals surface area contributed by atoms with Crippen molar-refractivity contribution < 1.29 is 57.9 Å². The Bertz CT molecular complexity index is 1310. The monoisotopic (exact) mass is 618 g/mol. The van der Waals surface area contributed by atoms with Crippen molar-refractivity contribution in [2.24, 2.45) is 0 Å². The smallest absolute Gasteiger partial charge is 0.387 e. The van der Waals surface area contributed by atoms with Crippen LogP contribution in [0.1, 0.15) is 37.2 Å². The molecule has 0 saturated carbocycles. The molecule has 0 spiro atoms. The van der Waals surface area contributed by atoms with Crippen LogP contribution in [0.2, 0.25) is 0 Å². The number of nitrogens with zero attached hydrogens (tertiary/aromatic N) is 2. The normalized spacial score (nSPS) is 27.4. The average molecular weight is 618 g/mol. The second kappa shape index (κ2) is 13.4. The minimum Gasteiger partial charge on any atom is -0.387 e. The number of nitro groups is 2. The van der Waals surface area contributed by atoms with E-state index in [1.165, 1.54) is 62.4 Å². The third-order valence-corrected chi connectivity index (χ3v) is 9.22. The van der Waals surface area contributed by atoms with Crippen LogP contribution in [-0.2, 0) is 27.7 Å². The zero-order valence-electron chi connectivity index (χ0n) is 21.8. The lowest BCUT2D eigenvalue weighted by molar-refractivity contribution is -0.386. The summed E-state index contributed by atoms with van der Waals surface area (Å²) in [5, 5.41) is 63.0. The Labute approximate surface area is 234 Å². The molecule has 1 fully saturated rings. The minimum absolute atomic E-state index is 0.000370. The van der Waals surface area contributed by atoms with Gasteiger partial charge in [0.25, 0.3) is 11.4 Å². The van der Waals surface area contributed by atoms with E-state index in [1.54, 1.807) is 0 Å². The van der Waals surface area contributed by atoms with E-state index in [0.29, 0.717) is 0 Å². The standard InChI is InChI=1S/C23H28N2O14P2/c1-12(14-8-4-6-10-16(14)24(30)31)38-40(34)21(28)19-18(26)20(27)23(29,22(36-3)37-19)41(35)39-13(2)15-9-5-7-11-17(15)25(32)33/h4-13,18-22,26-29H,1-3H3/q+2/t12?,13?,18-,19+,20+,21?,22+,23+/m0/s1. The molecule has 5 unspecified atom stereocenters. The fourth-order valence-corrected chi connectivity index (χ4v) is 6.55. The molecule has 0 radical (unpaired) electrons. The van der Waals surface area contributed by atoms with E-state index in [4.69, 9.17) is 18.5 Å². The van der Waals surface area contributed by atoms with E-state index in [-0.39, 0.29) is 22.5 Å². The number of methoxy groups -OCH3 is 1. The van der Waals surface area contributed by atoms with Crippen LogP contribution in [0.3, 0.4) is 0 Å². The lowest BCUT2D eigenvalue weighted by atomic mass is 9.98. The zero-order valence-corrected chi connectivity index (χ0v) is 23.6. The lowest BCUT2D eigenvalue weighted by Gasteiger charge is -2.40. The number of para-hydroxylation sites is 2. The van der Waals surface area contributed by atoms with Gasteiger partial charge >= 0.3 is 27.2 Å². The first-order valence-corrected chi connectivity index (χ1v) is 14.4. The molecule has 0 aliphatic carbocycles. The van der Waals surface area contributed by atoms with Crippen LogP contribution in [0.4, 0.5) is 11.4 Å². The van der Waals surface area contributed by atoms with Crippen molar-refractivity contribution in [3.8, 4) is 0 Å². The van der Waals surface area contributed by atoms with Crippen molar-refractivity contribution in [3.63, 3.8) is 0 Å². The Morgan fingerprint density at radius 3 is 1.85 bits per heavy atom. The fraction of sp³-hybridized carbons (Fsp3) is 0.478. The van der Waals surface area contributed by atoms with Crippen molar-refractivity contribution in [3.05, 3.63) is 79.9 Å². The highest BCUT2D eigenvalue weighted by Crippen LogP contribution is 2.53. The molecule has 0 bridgehead atoms. The van der Waals surface area contributed by atoms with Gasteiger partial charge in [-0.2, -0.15) is 0 Å². The third kappa shape index (κ3) is 6.63. The van der Waals surface area contributed by atoms with Gasteiger partial charge in [0.05, 0.1) is 21.0 Å². The maximum Gasteiger partial charge on any atom is 0.553 e. The van der Waals surface area contributed by atoms with Crippen LogP contribution in [0.5, 0.6) is 0 Å². The summed E-state index contributed by atoms with van der Waals surface area (Å²) in [4.78, 5) is 21.3. The second-order valence-corrected chi connectivity index (χ2v) is 11.7. The molecule has 16 nitrogen and oxygen atoms in total. The van der Waals surface area contributed by atoms with Crippen molar-refractivity contribution in [2.45, 2.75) is 61.8 Å². The van der Waals surface area contributed by atoms with Crippen LogP contribution in [0.25, 0.3) is 0 Å². The SMILES string of the molecule is CO[C@@H]1O[C@@H](C(O)[P+](=O)OC(C)c2ccccc2[N+](=O)[O-])[C@H](O)[C@@H](O)[C@@]1(O)[P+](=O)OC(C)c1ccccc1[N+](=O)[O-]. The number of hydrogen-bond acceptors (Lipinski definition) is 14. The molecule has 2 aromatic rings. The zero-order chi connectivity index (χ0) is 30.6. The fourth-order valence-electron chi connectivity index (χ4n) is 4.24. The molecule has 2 aromatic carbocycles. The largest absolute Gasteiger partial charge is 0.553 e. The van der Waals surface area contributed by atoms with Gasteiger partial charge in [-0.3, -0.25) is 20.2 Å². The second-order valence-electron chi connectivity index (χ2n) is 8.97. The van der Waals surface area contributed by atoms with Gasteiger partial charge in [-0.25, -0.2) is 0 Å². The summed E-state index contributed by atoms with van der Waals surface area (Å²) >= 11 is 0. The molecular formula is C23H28N2O14P2+2. The van der Waals surface area contributed by atoms with Gasteiger partial charge in [0.15, 0.2) is 12.2 Å². The molecule has 1 saturated heterocycles. The average Bonchev–Trinajstić information content (AvgIpc) is 2.95. The first-order chi connectivity index (χ1) is 19.2. The van der Waals surface area contributed by atoms with Crippen molar-refractivity contribution in [1.29, 1.82) is 0 Å². The third-order valence-electron chi connectivity index (χ3n) is 6.40. The molecule has 1 aliphatic heterocycles. The number of benzene rings is 2. The van der Waals surface area contributed by atoms with Gasteiger partial charge < -0.3 is 29.9 Å². The summed E-state index contributed by atoms with van der Waals surface area (Å²) in [6.45, 7) is 2.65. The number of hydrogen-bond donors (Lipinski definition) is 4. The van der Waals surface area contributed by atoms with Gasteiger partial charge in [-0.05, 0) is 35.1 Å². The highest BCUT2D eigenvalue weighted by molar-refractivity contribution is 7.41. The summed E-state index contributed by atoms with van der Waals surface area (Å²) in [6, 6.07) is 10.9. The van der Waals surface area contributed by atoms with Gasteiger partial charge in [0.2, 0.25) is 6.29 Å². The molecule has 4 N–H and O–H groups in total. The molecular weight excluding hydrogens is 590 g/mol. The van der Waals surface area contributed by atoms with E-state index < -0.39 is 73.9 Å². The molecule has 18 heteroatoms. The Kier molecular flexibility index (Phi) is 10.7. The van der Waals surface area contributed by atoms with Crippen molar-refractivity contribution >= 4 is 27.4 Å². The summed E-state index contributed by atoms with van der Waals surface area (Å²) < 4.78 is 47.0. The number of ether oxygens (including phenoxy) is 2. The van der Waals surface area contributed by atoms with Crippen LogP contribution < -0.4 is 0 Å². The Hall–Kier alpha value is -2.88. The Morgan fingerprint density at radius 2 is 1.39 bits per heavy atom. The topological polar surface area (TPSA) is 238 Å². The van der Waals surface area contributed by atoms with Crippen molar-refractivity contribution in [2.75, 3.05) is 7.11 Å². The van der Waals surface area contributed by atoms with Crippen molar-refractivity contribution in [1.82, 2.24) is 0 Å². The molecule has 41 heavy (non-hydrogen) atoms. The summed E-state index contributed by atoms with van der Waals surface area (Å²) in [7, 11) is -5.59. The summed E-state index contributed by atoms with van der Waals surface area (Å²) in [5.74, 6) is -2.16. The number of rotatable bonds is 12. The maximum atomic E-state index is 13.2.